The normalized spacial score (nSPS) is 13.1. The molecule has 1 aromatic carbocycles. The maximum Gasteiger partial charge on any atom is 0.222 e. The second-order valence-electron chi connectivity index (χ2n) is 2.99. The maximum atomic E-state index is 2.28. The highest BCUT2D eigenvalue weighted by Crippen LogP contribution is 2.20. The molecular weight excluding hydrogens is 134 g/mol. The standard InChI is InChI=1S/C10H8N/c1-3-8-5-2-6-11-7-9(4-1)10(8)11/h1-6H,7H2/q+1. The van der Waals surface area contributed by atoms with Gasteiger partial charge in [0.1, 0.15) is 0 Å². The first-order chi connectivity index (χ1) is 5.45. The number of rotatable bonds is 0. The van der Waals surface area contributed by atoms with Gasteiger partial charge < -0.3 is 0 Å². The van der Waals surface area contributed by atoms with Gasteiger partial charge in [0.15, 0.2) is 12.7 Å². The topological polar surface area (TPSA) is 3.88 Å². The van der Waals surface area contributed by atoms with Crippen molar-refractivity contribution in [1.29, 1.82) is 0 Å². The van der Waals surface area contributed by atoms with Crippen molar-refractivity contribution in [2.75, 3.05) is 0 Å². The van der Waals surface area contributed by atoms with Gasteiger partial charge in [-0.25, -0.2) is 0 Å². The van der Waals surface area contributed by atoms with Crippen LogP contribution in [0.1, 0.15) is 5.56 Å². The fourth-order valence-electron chi connectivity index (χ4n) is 1.77. The number of hydrogen-bond acceptors (Lipinski definition) is 0. The third-order valence-electron chi connectivity index (χ3n) is 2.32. The van der Waals surface area contributed by atoms with Gasteiger partial charge in [0, 0.05) is 11.5 Å². The molecule has 0 radical (unpaired) electrons. The molecule has 1 nitrogen and oxygen atoms in total. The molecule has 1 aliphatic heterocycles. The Balaban J connectivity index is 2.61. The van der Waals surface area contributed by atoms with Gasteiger partial charge in [0.25, 0.3) is 0 Å². The van der Waals surface area contributed by atoms with Gasteiger partial charge in [-0.3, -0.25) is 0 Å². The van der Waals surface area contributed by atoms with Gasteiger partial charge in [-0.1, -0.05) is 6.07 Å². The lowest BCUT2D eigenvalue weighted by molar-refractivity contribution is -0.682. The van der Waals surface area contributed by atoms with Gasteiger partial charge in [-0.05, 0) is 18.2 Å². The molecule has 1 heteroatoms. The first kappa shape index (κ1) is 5.30. The molecule has 3 rings (SSSR count). The molecule has 0 saturated heterocycles. The second kappa shape index (κ2) is 1.62. The Morgan fingerprint density at radius 1 is 1.09 bits per heavy atom. The van der Waals surface area contributed by atoms with Crippen molar-refractivity contribution < 1.29 is 4.57 Å². The summed E-state index contributed by atoms with van der Waals surface area (Å²) in [4.78, 5) is 0. The highest BCUT2D eigenvalue weighted by atomic mass is 15.0. The summed E-state index contributed by atoms with van der Waals surface area (Å²) in [5.74, 6) is 0. The Labute approximate surface area is 64.9 Å². The van der Waals surface area contributed by atoms with Crippen LogP contribution in [0.25, 0.3) is 10.9 Å². The van der Waals surface area contributed by atoms with Crippen molar-refractivity contribution in [3.63, 3.8) is 0 Å². The quantitative estimate of drug-likeness (QED) is 0.419. The maximum absolute atomic E-state index is 2.28. The van der Waals surface area contributed by atoms with Crippen LogP contribution in [0.3, 0.4) is 0 Å². The van der Waals surface area contributed by atoms with Crippen LogP contribution >= 0.6 is 0 Å². The third kappa shape index (κ3) is 0.535. The predicted octanol–water partition coefficient (Wildman–Crippen LogP) is 1.49. The van der Waals surface area contributed by atoms with E-state index in [1.165, 1.54) is 16.5 Å². The molecule has 0 bridgehead atoms. The zero-order valence-electron chi connectivity index (χ0n) is 6.12. The summed E-state index contributed by atoms with van der Waals surface area (Å²) in [5, 5.41) is 1.36. The molecule has 0 N–H and O–H groups in total. The van der Waals surface area contributed by atoms with E-state index in [0.29, 0.717) is 0 Å². The fourth-order valence-corrected chi connectivity index (χ4v) is 1.77. The molecule has 0 atom stereocenters. The molecule has 0 amide bonds. The number of pyridine rings is 1. The molecule has 0 unspecified atom stereocenters. The summed E-state index contributed by atoms with van der Waals surface area (Å²) in [7, 11) is 0. The molecule has 52 valence electrons. The van der Waals surface area contributed by atoms with E-state index in [-0.39, 0.29) is 0 Å². The number of hydrogen-bond donors (Lipinski definition) is 0. The fraction of sp³-hybridized carbons (Fsp3) is 0.100. The van der Waals surface area contributed by atoms with Crippen LogP contribution in [-0.4, -0.2) is 0 Å². The van der Waals surface area contributed by atoms with Gasteiger partial charge in [-0.2, -0.15) is 4.57 Å². The lowest BCUT2D eigenvalue weighted by Gasteiger charge is -2.11. The molecule has 0 fully saturated rings. The predicted molar refractivity (Wildman–Crippen MR) is 43.2 cm³/mol. The van der Waals surface area contributed by atoms with Gasteiger partial charge in [-0.15, -0.1) is 0 Å². The minimum absolute atomic E-state index is 1.09. The lowest BCUT2D eigenvalue weighted by atomic mass is 10.0. The summed E-state index contributed by atoms with van der Waals surface area (Å²) in [6, 6.07) is 10.7. The number of nitrogens with zero attached hydrogens (tertiary/aromatic N) is 1. The molecular formula is C10H8N+. The van der Waals surface area contributed by atoms with Crippen molar-refractivity contribution in [3.05, 3.63) is 42.1 Å². The van der Waals surface area contributed by atoms with Crippen LogP contribution in [0, 0.1) is 0 Å². The monoisotopic (exact) mass is 142 g/mol. The third-order valence-corrected chi connectivity index (χ3v) is 2.32. The zero-order valence-corrected chi connectivity index (χ0v) is 6.12. The summed E-state index contributed by atoms with van der Waals surface area (Å²) < 4.78 is 2.28. The van der Waals surface area contributed by atoms with Crippen LogP contribution in [-0.2, 0) is 6.54 Å². The second-order valence-corrected chi connectivity index (χ2v) is 2.99. The molecule has 0 aliphatic carbocycles. The van der Waals surface area contributed by atoms with E-state index >= 15 is 0 Å². The van der Waals surface area contributed by atoms with Crippen molar-refractivity contribution in [2.45, 2.75) is 6.54 Å². The highest BCUT2D eigenvalue weighted by Gasteiger charge is 2.23. The van der Waals surface area contributed by atoms with E-state index in [2.05, 4.69) is 41.1 Å². The van der Waals surface area contributed by atoms with Gasteiger partial charge in [0.2, 0.25) is 5.52 Å². The highest BCUT2D eigenvalue weighted by molar-refractivity contribution is 5.80. The minimum Gasteiger partial charge on any atom is -0.193 e. The largest absolute Gasteiger partial charge is 0.222 e. The number of aromatic nitrogens is 1. The molecule has 0 saturated carbocycles. The SMILES string of the molecule is c1cc2c3c(c1)ccc[n+]3C2. The van der Waals surface area contributed by atoms with Crippen molar-refractivity contribution in [1.82, 2.24) is 0 Å². The van der Waals surface area contributed by atoms with E-state index < -0.39 is 0 Å². The Hall–Kier alpha value is -1.37. The van der Waals surface area contributed by atoms with Crippen LogP contribution < -0.4 is 4.57 Å². The molecule has 1 aliphatic rings. The summed E-state index contributed by atoms with van der Waals surface area (Å²) >= 11 is 0. The Kier molecular flexibility index (Phi) is 0.779. The van der Waals surface area contributed by atoms with Crippen molar-refractivity contribution in [3.8, 4) is 0 Å². The smallest absolute Gasteiger partial charge is 0.193 e. The molecule has 1 aromatic heterocycles. The first-order valence-corrected chi connectivity index (χ1v) is 3.85. The van der Waals surface area contributed by atoms with Gasteiger partial charge >= 0.3 is 0 Å². The Morgan fingerprint density at radius 2 is 2.00 bits per heavy atom. The molecule has 0 spiro atoms. The summed E-state index contributed by atoms with van der Waals surface area (Å²) in [6.07, 6.45) is 2.13. The van der Waals surface area contributed by atoms with Crippen molar-refractivity contribution in [2.24, 2.45) is 0 Å². The number of benzene rings is 1. The first-order valence-electron chi connectivity index (χ1n) is 3.85. The zero-order chi connectivity index (χ0) is 7.26. The van der Waals surface area contributed by atoms with E-state index in [4.69, 9.17) is 0 Å². The minimum atomic E-state index is 1.09. The van der Waals surface area contributed by atoms with E-state index in [1.807, 2.05) is 0 Å². The Bertz CT molecular complexity index is 395. The summed E-state index contributed by atoms with van der Waals surface area (Å²) in [5.41, 5.74) is 2.89. The van der Waals surface area contributed by atoms with E-state index in [9.17, 15) is 0 Å². The average Bonchev–Trinajstić information content (AvgIpc) is 2.01. The lowest BCUT2D eigenvalue weighted by Crippen LogP contribution is -2.43. The van der Waals surface area contributed by atoms with Crippen LogP contribution in [0.4, 0.5) is 0 Å². The summed E-state index contributed by atoms with van der Waals surface area (Å²) in [6.45, 7) is 1.09. The van der Waals surface area contributed by atoms with Crippen LogP contribution in [0.5, 0.6) is 0 Å². The number of para-hydroxylation sites is 1. The van der Waals surface area contributed by atoms with E-state index in [0.717, 1.165) is 6.54 Å². The molecule has 2 heterocycles. The molecule has 2 aromatic rings. The van der Waals surface area contributed by atoms with Crippen molar-refractivity contribution >= 4 is 10.9 Å². The molecule has 11 heavy (non-hydrogen) atoms. The van der Waals surface area contributed by atoms with Crippen LogP contribution in [0.2, 0.25) is 0 Å². The van der Waals surface area contributed by atoms with Gasteiger partial charge in [0.05, 0.1) is 5.56 Å². The Morgan fingerprint density at radius 3 is 2.91 bits per heavy atom. The van der Waals surface area contributed by atoms with E-state index in [1.54, 1.807) is 0 Å². The average molecular weight is 142 g/mol. The van der Waals surface area contributed by atoms with Crippen LogP contribution in [0.15, 0.2) is 36.5 Å².